The van der Waals surface area contributed by atoms with Crippen LogP contribution in [0.5, 0.6) is 17.2 Å². The lowest BCUT2D eigenvalue weighted by molar-refractivity contribution is 0.0534. The highest BCUT2D eigenvalue weighted by atomic mass is 16.5. The van der Waals surface area contributed by atoms with E-state index in [1.54, 1.807) is 21.3 Å². The molecular formula is C24H23NO5. The second kappa shape index (κ2) is 7.20. The monoisotopic (exact) mass is 405 g/mol. The lowest BCUT2D eigenvalue weighted by atomic mass is 9.87. The van der Waals surface area contributed by atoms with E-state index < -0.39 is 0 Å². The van der Waals surface area contributed by atoms with Gasteiger partial charge in [0.2, 0.25) is 5.75 Å². The Labute approximate surface area is 174 Å². The number of aryl methyl sites for hydroxylation is 2. The number of carbonyl (C=O) groups is 1. The first-order chi connectivity index (χ1) is 14.6. The predicted molar refractivity (Wildman–Crippen MR) is 113 cm³/mol. The van der Waals surface area contributed by atoms with Gasteiger partial charge in [-0.3, -0.25) is 0 Å². The number of cyclic esters (lactones) is 1. The Kier molecular flexibility index (Phi) is 4.50. The second-order valence-corrected chi connectivity index (χ2v) is 7.64. The van der Waals surface area contributed by atoms with Crippen molar-refractivity contribution in [2.75, 3.05) is 21.3 Å². The fraction of sp³-hybridized carbons (Fsp3) is 0.333. The molecule has 1 aliphatic heterocycles. The molecule has 6 heteroatoms. The maximum atomic E-state index is 12.7. The van der Waals surface area contributed by atoms with Crippen LogP contribution in [0.1, 0.15) is 40.0 Å². The Hall–Kier alpha value is -3.28. The Morgan fingerprint density at radius 1 is 0.867 bits per heavy atom. The van der Waals surface area contributed by atoms with Gasteiger partial charge in [-0.1, -0.05) is 0 Å². The highest BCUT2D eigenvalue weighted by molar-refractivity contribution is 6.09. The molecule has 0 fully saturated rings. The first-order valence-electron chi connectivity index (χ1n) is 10.1. The van der Waals surface area contributed by atoms with Crippen molar-refractivity contribution in [2.24, 2.45) is 0 Å². The van der Waals surface area contributed by atoms with Gasteiger partial charge in [-0.2, -0.15) is 0 Å². The van der Waals surface area contributed by atoms with Gasteiger partial charge in [-0.05, 0) is 66.6 Å². The number of rotatable bonds is 4. The minimum atomic E-state index is -0.346. The standard InChI is InChI=1S/C24H23NO5/c1-27-19-10-15(11-20(28-2)23(19)29-3)21-16-8-13-6-4-5-7-14(13)9-17(16)25-18-12-30-24(26)22(18)21/h8-11H,4-7,12H2,1-3H3. The van der Waals surface area contributed by atoms with Crippen molar-refractivity contribution >= 4 is 16.9 Å². The van der Waals surface area contributed by atoms with E-state index in [0.29, 0.717) is 28.5 Å². The van der Waals surface area contributed by atoms with Crippen LogP contribution in [0.15, 0.2) is 24.3 Å². The predicted octanol–water partition coefficient (Wildman–Crippen LogP) is 4.48. The number of carbonyl (C=O) groups excluding carboxylic acids is 1. The Bertz CT molecular complexity index is 1160. The van der Waals surface area contributed by atoms with Crippen LogP contribution >= 0.6 is 0 Å². The van der Waals surface area contributed by atoms with E-state index in [9.17, 15) is 4.79 Å². The summed E-state index contributed by atoms with van der Waals surface area (Å²) in [5.74, 6) is 1.24. The average Bonchev–Trinajstić information content (AvgIpc) is 3.15. The molecule has 30 heavy (non-hydrogen) atoms. The Balaban J connectivity index is 1.86. The summed E-state index contributed by atoms with van der Waals surface area (Å²) in [5.41, 5.74) is 6.38. The molecule has 0 unspecified atom stereocenters. The summed E-state index contributed by atoms with van der Waals surface area (Å²) in [6, 6.07) is 8.12. The normalized spacial score (nSPS) is 14.8. The third-order valence-electron chi connectivity index (χ3n) is 6.02. The summed E-state index contributed by atoms with van der Waals surface area (Å²) in [6.45, 7) is 0.193. The molecule has 0 saturated carbocycles. The minimum absolute atomic E-state index is 0.193. The summed E-state index contributed by atoms with van der Waals surface area (Å²) in [7, 11) is 4.74. The van der Waals surface area contributed by atoms with Crippen LogP contribution in [0.25, 0.3) is 22.0 Å². The summed E-state index contributed by atoms with van der Waals surface area (Å²) >= 11 is 0. The molecule has 2 aromatic carbocycles. The lowest BCUT2D eigenvalue weighted by Gasteiger charge is -2.19. The van der Waals surface area contributed by atoms with Crippen molar-refractivity contribution in [2.45, 2.75) is 32.3 Å². The zero-order chi connectivity index (χ0) is 20.8. The number of esters is 1. The second-order valence-electron chi connectivity index (χ2n) is 7.64. The fourth-order valence-corrected chi connectivity index (χ4v) is 4.60. The number of nitrogens with zero attached hydrogens (tertiary/aromatic N) is 1. The van der Waals surface area contributed by atoms with Gasteiger partial charge in [0.25, 0.3) is 0 Å². The number of methoxy groups -OCH3 is 3. The molecule has 6 nitrogen and oxygen atoms in total. The van der Waals surface area contributed by atoms with E-state index in [1.807, 2.05) is 12.1 Å². The molecule has 0 bridgehead atoms. The highest BCUT2D eigenvalue weighted by Crippen LogP contribution is 2.45. The van der Waals surface area contributed by atoms with E-state index in [0.717, 1.165) is 34.9 Å². The molecule has 154 valence electrons. The first kappa shape index (κ1) is 18.7. The average molecular weight is 405 g/mol. The SMILES string of the molecule is COc1cc(-c2c3c(nc4cc5c(cc24)CCCC5)COC3=O)cc(OC)c1OC. The van der Waals surface area contributed by atoms with Crippen LogP contribution in [-0.4, -0.2) is 32.3 Å². The molecule has 3 aromatic rings. The highest BCUT2D eigenvalue weighted by Gasteiger charge is 2.30. The molecule has 0 N–H and O–H groups in total. The number of pyridine rings is 1. The van der Waals surface area contributed by atoms with Crippen LogP contribution in [-0.2, 0) is 24.2 Å². The van der Waals surface area contributed by atoms with Gasteiger partial charge in [0, 0.05) is 10.9 Å². The summed E-state index contributed by atoms with van der Waals surface area (Å²) < 4.78 is 21.9. The van der Waals surface area contributed by atoms with Crippen LogP contribution in [0.3, 0.4) is 0 Å². The number of hydrogen-bond donors (Lipinski definition) is 0. The number of fused-ring (bicyclic) bond motifs is 3. The number of aromatic nitrogens is 1. The molecule has 0 spiro atoms. The topological polar surface area (TPSA) is 66.9 Å². The van der Waals surface area contributed by atoms with E-state index >= 15 is 0 Å². The summed E-state index contributed by atoms with van der Waals surface area (Å²) in [5, 5.41) is 0.947. The van der Waals surface area contributed by atoms with Gasteiger partial charge in [0.1, 0.15) is 6.61 Å². The van der Waals surface area contributed by atoms with E-state index in [-0.39, 0.29) is 12.6 Å². The molecule has 0 radical (unpaired) electrons. The summed E-state index contributed by atoms with van der Waals surface area (Å²) in [6.07, 6.45) is 4.49. The quantitative estimate of drug-likeness (QED) is 0.597. The molecule has 0 amide bonds. The number of ether oxygens (including phenoxy) is 4. The maximum Gasteiger partial charge on any atom is 0.341 e. The van der Waals surface area contributed by atoms with Crippen molar-refractivity contribution in [3.63, 3.8) is 0 Å². The van der Waals surface area contributed by atoms with E-state index in [1.165, 1.54) is 24.0 Å². The molecule has 1 aromatic heterocycles. The maximum absolute atomic E-state index is 12.7. The van der Waals surface area contributed by atoms with Crippen LogP contribution in [0, 0.1) is 0 Å². The van der Waals surface area contributed by atoms with Crippen molar-refractivity contribution < 1.29 is 23.7 Å². The van der Waals surface area contributed by atoms with Gasteiger partial charge < -0.3 is 18.9 Å². The van der Waals surface area contributed by atoms with Crippen molar-refractivity contribution in [3.05, 3.63) is 46.6 Å². The number of hydrogen-bond acceptors (Lipinski definition) is 6. The fourth-order valence-electron chi connectivity index (χ4n) is 4.60. The zero-order valence-electron chi connectivity index (χ0n) is 17.3. The largest absolute Gasteiger partial charge is 0.493 e. The van der Waals surface area contributed by atoms with Gasteiger partial charge in [0.05, 0.1) is 38.1 Å². The van der Waals surface area contributed by atoms with Crippen molar-refractivity contribution in [1.82, 2.24) is 4.98 Å². The van der Waals surface area contributed by atoms with Gasteiger partial charge in [-0.15, -0.1) is 0 Å². The Morgan fingerprint density at radius 3 is 2.17 bits per heavy atom. The first-order valence-corrected chi connectivity index (χ1v) is 10.1. The van der Waals surface area contributed by atoms with Crippen LogP contribution < -0.4 is 14.2 Å². The Morgan fingerprint density at radius 2 is 1.53 bits per heavy atom. The smallest absolute Gasteiger partial charge is 0.341 e. The lowest BCUT2D eigenvalue weighted by Crippen LogP contribution is -2.06. The molecular weight excluding hydrogens is 382 g/mol. The molecule has 5 rings (SSSR count). The molecule has 1 aliphatic carbocycles. The van der Waals surface area contributed by atoms with E-state index in [2.05, 4.69) is 12.1 Å². The summed E-state index contributed by atoms with van der Waals surface area (Å²) in [4.78, 5) is 17.5. The molecule has 2 aliphatic rings. The van der Waals surface area contributed by atoms with Crippen LogP contribution in [0.2, 0.25) is 0 Å². The van der Waals surface area contributed by atoms with E-state index in [4.69, 9.17) is 23.9 Å². The zero-order valence-corrected chi connectivity index (χ0v) is 17.3. The van der Waals surface area contributed by atoms with Crippen molar-refractivity contribution in [1.29, 1.82) is 0 Å². The molecule has 0 atom stereocenters. The number of benzene rings is 2. The molecule has 0 saturated heterocycles. The minimum Gasteiger partial charge on any atom is -0.493 e. The third kappa shape index (κ3) is 2.78. The van der Waals surface area contributed by atoms with Crippen LogP contribution in [0.4, 0.5) is 0 Å². The van der Waals surface area contributed by atoms with Gasteiger partial charge in [-0.25, -0.2) is 9.78 Å². The van der Waals surface area contributed by atoms with Crippen molar-refractivity contribution in [3.8, 4) is 28.4 Å². The van der Waals surface area contributed by atoms with Gasteiger partial charge >= 0.3 is 5.97 Å². The van der Waals surface area contributed by atoms with Gasteiger partial charge in [0.15, 0.2) is 11.5 Å². The molecule has 2 heterocycles. The third-order valence-corrected chi connectivity index (χ3v) is 6.02.